The molecule has 1 unspecified atom stereocenters. The Morgan fingerprint density at radius 2 is 1.80 bits per heavy atom. The highest BCUT2D eigenvalue weighted by atomic mass is 16.5. The standard InChI is InChI=1S/C16H20N2O2/c1-11(2)20-14-6-4-5-12(7-14)16(17)13-8-15(19-3)10-18-9-13/h4-11,16H,17H2,1-3H3. The molecule has 0 amide bonds. The molecular formula is C16H20N2O2. The monoisotopic (exact) mass is 272 g/mol. The quantitative estimate of drug-likeness (QED) is 0.909. The fourth-order valence-corrected chi connectivity index (χ4v) is 1.96. The molecule has 0 fully saturated rings. The average molecular weight is 272 g/mol. The van der Waals surface area contributed by atoms with E-state index >= 15 is 0 Å². The number of hydrogen-bond donors (Lipinski definition) is 1. The first-order chi connectivity index (χ1) is 9.60. The molecule has 0 saturated carbocycles. The van der Waals surface area contributed by atoms with Gasteiger partial charge in [-0.1, -0.05) is 12.1 Å². The summed E-state index contributed by atoms with van der Waals surface area (Å²) in [7, 11) is 1.61. The zero-order valence-corrected chi connectivity index (χ0v) is 12.0. The van der Waals surface area contributed by atoms with E-state index in [1.807, 2.05) is 44.2 Å². The van der Waals surface area contributed by atoms with Crippen molar-refractivity contribution in [1.82, 2.24) is 4.98 Å². The first-order valence-corrected chi connectivity index (χ1v) is 6.61. The number of pyridine rings is 1. The van der Waals surface area contributed by atoms with E-state index in [4.69, 9.17) is 15.2 Å². The molecule has 0 spiro atoms. The van der Waals surface area contributed by atoms with Crippen molar-refractivity contribution in [3.8, 4) is 11.5 Å². The zero-order valence-electron chi connectivity index (χ0n) is 12.0. The molecular weight excluding hydrogens is 252 g/mol. The number of hydrogen-bond acceptors (Lipinski definition) is 4. The molecule has 0 bridgehead atoms. The molecule has 1 heterocycles. The molecule has 2 N–H and O–H groups in total. The van der Waals surface area contributed by atoms with Crippen LogP contribution in [0.25, 0.3) is 0 Å². The van der Waals surface area contributed by atoms with Crippen LogP contribution in [0.3, 0.4) is 0 Å². The molecule has 1 aromatic heterocycles. The van der Waals surface area contributed by atoms with Crippen molar-refractivity contribution in [3.63, 3.8) is 0 Å². The van der Waals surface area contributed by atoms with E-state index in [0.29, 0.717) is 5.75 Å². The van der Waals surface area contributed by atoms with Gasteiger partial charge in [-0.05, 0) is 43.2 Å². The van der Waals surface area contributed by atoms with Crippen LogP contribution in [0.2, 0.25) is 0 Å². The SMILES string of the molecule is COc1cncc(C(N)c2cccc(OC(C)C)c2)c1. The van der Waals surface area contributed by atoms with Gasteiger partial charge in [0.05, 0.1) is 25.5 Å². The smallest absolute Gasteiger partial charge is 0.137 e. The molecule has 4 heteroatoms. The van der Waals surface area contributed by atoms with Gasteiger partial charge in [-0.3, -0.25) is 4.98 Å². The zero-order chi connectivity index (χ0) is 14.5. The number of nitrogens with zero attached hydrogens (tertiary/aromatic N) is 1. The molecule has 1 aromatic carbocycles. The lowest BCUT2D eigenvalue weighted by Gasteiger charge is -2.15. The Hall–Kier alpha value is -2.07. The predicted molar refractivity (Wildman–Crippen MR) is 79.0 cm³/mol. The van der Waals surface area contributed by atoms with Crippen molar-refractivity contribution in [1.29, 1.82) is 0 Å². The molecule has 0 radical (unpaired) electrons. The normalized spacial score (nSPS) is 12.2. The van der Waals surface area contributed by atoms with Gasteiger partial charge in [0.1, 0.15) is 11.5 Å². The lowest BCUT2D eigenvalue weighted by atomic mass is 10.0. The Balaban J connectivity index is 2.25. The average Bonchev–Trinajstić information content (AvgIpc) is 2.46. The molecule has 20 heavy (non-hydrogen) atoms. The summed E-state index contributed by atoms with van der Waals surface area (Å²) in [6.45, 7) is 4.00. The van der Waals surface area contributed by atoms with E-state index in [1.165, 1.54) is 0 Å². The summed E-state index contributed by atoms with van der Waals surface area (Å²) in [5, 5.41) is 0. The first kappa shape index (κ1) is 14.3. The third-order valence-electron chi connectivity index (χ3n) is 2.92. The highest BCUT2D eigenvalue weighted by molar-refractivity contribution is 5.37. The van der Waals surface area contributed by atoms with Crippen LogP contribution in [0, 0.1) is 0 Å². The Labute approximate surface area is 119 Å². The first-order valence-electron chi connectivity index (χ1n) is 6.61. The van der Waals surface area contributed by atoms with Gasteiger partial charge in [-0.2, -0.15) is 0 Å². The maximum absolute atomic E-state index is 6.29. The number of ether oxygens (including phenoxy) is 2. The second-order valence-corrected chi connectivity index (χ2v) is 4.87. The lowest BCUT2D eigenvalue weighted by molar-refractivity contribution is 0.242. The second kappa shape index (κ2) is 6.39. The van der Waals surface area contributed by atoms with Crippen molar-refractivity contribution in [3.05, 3.63) is 53.9 Å². The summed E-state index contributed by atoms with van der Waals surface area (Å²) in [5.41, 5.74) is 8.18. The van der Waals surface area contributed by atoms with Gasteiger partial charge < -0.3 is 15.2 Å². The molecule has 0 aliphatic carbocycles. The van der Waals surface area contributed by atoms with Crippen LogP contribution in [-0.4, -0.2) is 18.2 Å². The maximum Gasteiger partial charge on any atom is 0.137 e. The van der Waals surface area contributed by atoms with Crippen molar-refractivity contribution in [2.75, 3.05) is 7.11 Å². The topological polar surface area (TPSA) is 57.4 Å². The lowest BCUT2D eigenvalue weighted by Crippen LogP contribution is -2.13. The van der Waals surface area contributed by atoms with E-state index < -0.39 is 0 Å². The van der Waals surface area contributed by atoms with E-state index in [-0.39, 0.29) is 12.1 Å². The van der Waals surface area contributed by atoms with Crippen LogP contribution in [0.15, 0.2) is 42.7 Å². The molecule has 4 nitrogen and oxygen atoms in total. The molecule has 106 valence electrons. The number of methoxy groups -OCH3 is 1. The maximum atomic E-state index is 6.29. The van der Waals surface area contributed by atoms with E-state index in [9.17, 15) is 0 Å². The summed E-state index contributed by atoms with van der Waals surface area (Å²) in [6.07, 6.45) is 3.55. The highest BCUT2D eigenvalue weighted by Crippen LogP contribution is 2.25. The Bertz CT molecular complexity index is 570. The Morgan fingerprint density at radius 3 is 2.50 bits per heavy atom. The van der Waals surface area contributed by atoms with E-state index in [0.717, 1.165) is 16.9 Å². The van der Waals surface area contributed by atoms with Crippen molar-refractivity contribution < 1.29 is 9.47 Å². The molecule has 2 aromatic rings. The minimum absolute atomic E-state index is 0.139. The van der Waals surface area contributed by atoms with Gasteiger partial charge in [-0.15, -0.1) is 0 Å². The number of benzene rings is 1. The number of aromatic nitrogens is 1. The molecule has 0 saturated heterocycles. The summed E-state index contributed by atoms with van der Waals surface area (Å²) in [5.74, 6) is 1.52. The van der Waals surface area contributed by atoms with Crippen LogP contribution in [0.4, 0.5) is 0 Å². The van der Waals surface area contributed by atoms with Gasteiger partial charge in [0.2, 0.25) is 0 Å². The molecule has 0 aliphatic heterocycles. The predicted octanol–water partition coefficient (Wildman–Crippen LogP) is 2.93. The largest absolute Gasteiger partial charge is 0.495 e. The summed E-state index contributed by atoms with van der Waals surface area (Å²) in [4.78, 5) is 4.14. The minimum atomic E-state index is -0.256. The van der Waals surface area contributed by atoms with Gasteiger partial charge in [0, 0.05) is 6.20 Å². The van der Waals surface area contributed by atoms with Crippen molar-refractivity contribution in [2.24, 2.45) is 5.73 Å². The van der Waals surface area contributed by atoms with Gasteiger partial charge >= 0.3 is 0 Å². The molecule has 1 atom stereocenters. The third-order valence-corrected chi connectivity index (χ3v) is 2.92. The summed E-state index contributed by atoms with van der Waals surface area (Å²) < 4.78 is 10.9. The van der Waals surface area contributed by atoms with Gasteiger partial charge in [0.25, 0.3) is 0 Å². The summed E-state index contributed by atoms with van der Waals surface area (Å²) >= 11 is 0. The van der Waals surface area contributed by atoms with Crippen molar-refractivity contribution >= 4 is 0 Å². The van der Waals surface area contributed by atoms with Gasteiger partial charge in [-0.25, -0.2) is 0 Å². The molecule has 2 rings (SSSR count). The fraction of sp³-hybridized carbons (Fsp3) is 0.312. The molecule has 0 aliphatic rings. The Morgan fingerprint density at radius 1 is 1.05 bits per heavy atom. The van der Waals surface area contributed by atoms with Crippen LogP contribution in [0.5, 0.6) is 11.5 Å². The highest BCUT2D eigenvalue weighted by Gasteiger charge is 2.11. The number of rotatable bonds is 5. The van der Waals surface area contributed by atoms with Gasteiger partial charge in [0.15, 0.2) is 0 Å². The van der Waals surface area contributed by atoms with Crippen LogP contribution < -0.4 is 15.2 Å². The van der Waals surface area contributed by atoms with Crippen LogP contribution in [0.1, 0.15) is 31.0 Å². The summed E-state index contributed by atoms with van der Waals surface area (Å²) in [6, 6.07) is 9.46. The Kier molecular flexibility index (Phi) is 4.58. The van der Waals surface area contributed by atoms with E-state index in [2.05, 4.69) is 4.98 Å². The van der Waals surface area contributed by atoms with Crippen LogP contribution in [-0.2, 0) is 0 Å². The second-order valence-electron chi connectivity index (χ2n) is 4.87. The minimum Gasteiger partial charge on any atom is -0.495 e. The van der Waals surface area contributed by atoms with E-state index in [1.54, 1.807) is 19.5 Å². The van der Waals surface area contributed by atoms with Crippen molar-refractivity contribution in [2.45, 2.75) is 26.0 Å². The number of nitrogens with two attached hydrogens (primary N) is 1. The third kappa shape index (κ3) is 3.48. The van der Waals surface area contributed by atoms with Crippen LogP contribution >= 0.6 is 0 Å². The fourth-order valence-electron chi connectivity index (χ4n) is 1.96.